The van der Waals surface area contributed by atoms with E-state index >= 15 is 0 Å². The van der Waals surface area contributed by atoms with Crippen LogP contribution in [-0.2, 0) is 9.53 Å². The third-order valence-corrected chi connectivity index (χ3v) is 2.01. The zero-order chi connectivity index (χ0) is 13.2. The zero-order valence-electron chi connectivity index (χ0n) is 9.86. The van der Waals surface area contributed by atoms with Gasteiger partial charge in [0.1, 0.15) is 6.61 Å². The van der Waals surface area contributed by atoms with Crippen molar-refractivity contribution in [2.45, 2.75) is 6.43 Å². The van der Waals surface area contributed by atoms with E-state index in [9.17, 15) is 13.6 Å². The van der Waals surface area contributed by atoms with Crippen LogP contribution >= 0.6 is 0 Å². The van der Waals surface area contributed by atoms with E-state index in [1.54, 1.807) is 12.1 Å². The summed E-state index contributed by atoms with van der Waals surface area (Å²) < 4.78 is 28.1. The van der Waals surface area contributed by atoms with Gasteiger partial charge in [-0.1, -0.05) is 18.2 Å². The molecule has 0 atom stereocenters. The monoisotopic (exact) mass is 258 g/mol. The van der Waals surface area contributed by atoms with E-state index in [4.69, 9.17) is 0 Å². The molecule has 0 spiro atoms. The first-order valence-corrected chi connectivity index (χ1v) is 5.60. The number of nitrogens with one attached hydrogen (secondary N) is 2. The van der Waals surface area contributed by atoms with Crippen molar-refractivity contribution in [1.29, 1.82) is 0 Å². The first kappa shape index (κ1) is 14.5. The molecule has 6 heteroatoms. The number of para-hydroxylation sites is 1. The average molecular weight is 258 g/mol. The van der Waals surface area contributed by atoms with Gasteiger partial charge in [-0.05, 0) is 12.1 Å². The van der Waals surface area contributed by atoms with Crippen LogP contribution in [0.3, 0.4) is 0 Å². The second-order valence-corrected chi connectivity index (χ2v) is 3.56. The van der Waals surface area contributed by atoms with Gasteiger partial charge in [0.15, 0.2) is 0 Å². The normalized spacial score (nSPS) is 10.6. The van der Waals surface area contributed by atoms with Crippen LogP contribution in [0.15, 0.2) is 30.3 Å². The summed E-state index contributed by atoms with van der Waals surface area (Å²) in [6.07, 6.45) is -2.45. The summed E-state index contributed by atoms with van der Waals surface area (Å²) in [6, 6.07) is 9.06. The molecule has 1 rings (SSSR count). The molecule has 2 N–H and O–H groups in total. The molecule has 0 aliphatic carbocycles. The van der Waals surface area contributed by atoms with Crippen molar-refractivity contribution in [2.24, 2.45) is 0 Å². The molecule has 100 valence electrons. The minimum atomic E-state index is -2.45. The maximum absolute atomic E-state index is 11.7. The number of halogens is 2. The Labute approximate surface area is 104 Å². The lowest BCUT2D eigenvalue weighted by atomic mass is 10.3. The van der Waals surface area contributed by atoms with Crippen molar-refractivity contribution >= 4 is 11.6 Å². The number of carbonyl (C=O) groups is 1. The third kappa shape index (κ3) is 6.93. The number of amides is 1. The lowest BCUT2D eigenvalue weighted by molar-refractivity contribution is -0.115. The molecule has 0 aliphatic heterocycles. The van der Waals surface area contributed by atoms with Crippen molar-refractivity contribution in [1.82, 2.24) is 5.32 Å². The molecule has 0 aliphatic rings. The number of ether oxygens (including phenoxy) is 1. The number of alkyl halides is 2. The summed E-state index contributed by atoms with van der Waals surface area (Å²) in [4.78, 5) is 11.4. The molecule has 18 heavy (non-hydrogen) atoms. The van der Waals surface area contributed by atoms with Crippen LogP contribution in [0.5, 0.6) is 0 Å². The van der Waals surface area contributed by atoms with E-state index in [0.29, 0.717) is 6.54 Å². The van der Waals surface area contributed by atoms with Crippen molar-refractivity contribution < 1.29 is 18.3 Å². The molecule has 0 aromatic heterocycles. The van der Waals surface area contributed by atoms with Gasteiger partial charge in [-0.25, -0.2) is 8.78 Å². The van der Waals surface area contributed by atoms with Crippen LogP contribution < -0.4 is 10.6 Å². The highest BCUT2D eigenvalue weighted by molar-refractivity contribution is 5.92. The van der Waals surface area contributed by atoms with Crippen molar-refractivity contribution in [3.63, 3.8) is 0 Å². The van der Waals surface area contributed by atoms with Gasteiger partial charge in [0.05, 0.1) is 13.2 Å². The largest absolute Gasteiger partial charge is 0.374 e. The minimum Gasteiger partial charge on any atom is -0.374 e. The van der Waals surface area contributed by atoms with Crippen LogP contribution in [0.2, 0.25) is 0 Å². The molecule has 1 aromatic rings. The number of benzene rings is 1. The number of rotatable bonds is 8. The van der Waals surface area contributed by atoms with E-state index in [1.807, 2.05) is 18.2 Å². The van der Waals surface area contributed by atoms with Gasteiger partial charge in [-0.3, -0.25) is 4.79 Å². The van der Waals surface area contributed by atoms with E-state index in [2.05, 4.69) is 15.4 Å². The summed E-state index contributed by atoms with van der Waals surface area (Å²) in [5.74, 6) is -0.185. The fraction of sp³-hybridized carbons (Fsp3) is 0.417. The van der Waals surface area contributed by atoms with Gasteiger partial charge in [0.2, 0.25) is 5.91 Å². The Bertz CT molecular complexity index is 347. The Morgan fingerprint density at radius 3 is 2.67 bits per heavy atom. The first-order chi connectivity index (χ1) is 8.68. The summed E-state index contributed by atoms with van der Waals surface area (Å²) in [7, 11) is 0. The van der Waals surface area contributed by atoms with Crippen LogP contribution in [0.25, 0.3) is 0 Å². The number of hydrogen-bond donors (Lipinski definition) is 2. The SMILES string of the molecule is O=C(CNCCOCC(F)F)Nc1ccccc1. The topological polar surface area (TPSA) is 50.4 Å². The van der Waals surface area contributed by atoms with E-state index in [0.717, 1.165) is 5.69 Å². The lowest BCUT2D eigenvalue weighted by Crippen LogP contribution is -2.30. The molecular formula is C12H16F2N2O2. The summed E-state index contributed by atoms with van der Waals surface area (Å²) in [5, 5.41) is 5.49. The van der Waals surface area contributed by atoms with Gasteiger partial charge >= 0.3 is 0 Å². The van der Waals surface area contributed by atoms with Crippen LogP contribution in [0.4, 0.5) is 14.5 Å². The highest BCUT2D eigenvalue weighted by Crippen LogP contribution is 2.03. The van der Waals surface area contributed by atoms with E-state index < -0.39 is 13.0 Å². The highest BCUT2D eigenvalue weighted by atomic mass is 19.3. The summed E-state index contributed by atoms with van der Waals surface area (Å²) in [6.45, 7) is 0.0582. The second kappa shape index (κ2) is 8.54. The third-order valence-electron chi connectivity index (χ3n) is 2.01. The molecule has 0 radical (unpaired) electrons. The zero-order valence-corrected chi connectivity index (χ0v) is 9.86. The Morgan fingerprint density at radius 1 is 1.28 bits per heavy atom. The van der Waals surface area contributed by atoms with Crippen molar-refractivity contribution in [3.8, 4) is 0 Å². The molecular weight excluding hydrogens is 242 g/mol. The minimum absolute atomic E-state index is 0.118. The lowest BCUT2D eigenvalue weighted by Gasteiger charge is -2.07. The van der Waals surface area contributed by atoms with Gasteiger partial charge in [-0.15, -0.1) is 0 Å². The molecule has 0 bridgehead atoms. The molecule has 1 amide bonds. The summed E-state index contributed by atoms with van der Waals surface area (Å²) in [5.41, 5.74) is 0.721. The number of carbonyl (C=O) groups excluding carboxylic acids is 1. The van der Waals surface area contributed by atoms with Gasteiger partial charge in [-0.2, -0.15) is 0 Å². The Kier molecular flexibility index (Phi) is 6.90. The predicted octanol–water partition coefficient (Wildman–Crippen LogP) is 1.50. The maximum atomic E-state index is 11.7. The average Bonchev–Trinajstić information content (AvgIpc) is 2.34. The summed E-state index contributed by atoms with van der Waals surface area (Å²) >= 11 is 0. The Balaban J connectivity index is 2.04. The predicted molar refractivity (Wildman–Crippen MR) is 64.8 cm³/mol. The van der Waals surface area contributed by atoms with Gasteiger partial charge in [0.25, 0.3) is 6.43 Å². The molecule has 0 fully saturated rings. The van der Waals surface area contributed by atoms with Crippen LogP contribution in [0.1, 0.15) is 0 Å². The fourth-order valence-electron chi connectivity index (χ4n) is 1.25. The maximum Gasteiger partial charge on any atom is 0.261 e. The fourth-order valence-corrected chi connectivity index (χ4v) is 1.25. The smallest absolute Gasteiger partial charge is 0.261 e. The van der Waals surface area contributed by atoms with Crippen LogP contribution in [-0.4, -0.2) is 38.6 Å². The molecule has 0 saturated carbocycles. The Morgan fingerprint density at radius 2 is 2.00 bits per heavy atom. The molecule has 0 unspecified atom stereocenters. The molecule has 4 nitrogen and oxygen atoms in total. The standard InChI is InChI=1S/C12H16F2N2O2/c13-11(14)9-18-7-6-15-8-12(17)16-10-4-2-1-3-5-10/h1-5,11,15H,6-9H2,(H,16,17). The van der Waals surface area contributed by atoms with E-state index in [-0.39, 0.29) is 19.1 Å². The molecule has 0 saturated heterocycles. The number of anilines is 1. The highest BCUT2D eigenvalue weighted by Gasteiger charge is 2.02. The van der Waals surface area contributed by atoms with Crippen LogP contribution in [0, 0.1) is 0 Å². The number of hydrogen-bond acceptors (Lipinski definition) is 3. The van der Waals surface area contributed by atoms with Gasteiger partial charge < -0.3 is 15.4 Å². The van der Waals surface area contributed by atoms with E-state index in [1.165, 1.54) is 0 Å². The second-order valence-electron chi connectivity index (χ2n) is 3.56. The first-order valence-electron chi connectivity index (χ1n) is 5.60. The molecule has 1 aromatic carbocycles. The molecule has 0 heterocycles. The Hall–Kier alpha value is -1.53. The van der Waals surface area contributed by atoms with Crippen molar-refractivity contribution in [2.75, 3.05) is 31.6 Å². The quantitative estimate of drug-likeness (QED) is 0.695. The van der Waals surface area contributed by atoms with Crippen molar-refractivity contribution in [3.05, 3.63) is 30.3 Å². The van der Waals surface area contributed by atoms with Gasteiger partial charge in [0, 0.05) is 12.2 Å².